The number of ketones is 1. The van der Waals surface area contributed by atoms with Crippen molar-refractivity contribution >= 4 is 25.9 Å². The first-order chi connectivity index (χ1) is 16.3. The number of hydrogen-bond acceptors (Lipinski definition) is 5. The Labute approximate surface area is 197 Å². The lowest BCUT2D eigenvalue weighted by molar-refractivity contribution is -0.139. The van der Waals surface area contributed by atoms with Gasteiger partial charge in [0.15, 0.2) is 13.8 Å². The van der Waals surface area contributed by atoms with E-state index in [9.17, 15) is 18.5 Å². The molecule has 1 heterocycles. The third-order valence-corrected chi connectivity index (χ3v) is 6.10. The molecule has 1 unspecified atom stereocenters. The summed E-state index contributed by atoms with van der Waals surface area (Å²) in [5.41, 5.74) is 4.04. The van der Waals surface area contributed by atoms with E-state index < -0.39 is 32.4 Å². The van der Waals surface area contributed by atoms with Crippen molar-refractivity contribution in [2.24, 2.45) is 0 Å². The monoisotopic (exact) mass is 484 g/mol. The number of carboxylic acid groups (broad SMARTS) is 1. The molecular weight excluding hydrogens is 458 g/mol. The van der Waals surface area contributed by atoms with Crippen LogP contribution in [0.4, 0.5) is 4.39 Å². The smallest absolute Gasteiger partial charge is 0.310 e. The molecule has 0 amide bonds. The molecule has 3 aromatic rings. The minimum absolute atomic E-state index is 0.0188. The summed E-state index contributed by atoms with van der Waals surface area (Å²) in [6.07, 6.45) is 2.41. The van der Waals surface area contributed by atoms with Crippen molar-refractivity contribution < 1.29 is 28.2 Å². The van der Waals surface area contributed by atoms with Crippen molar-refractivity contribution in [2.75, 3.05) is 12.8 Å². The molecule has 0 saturated heterocycles. The molecule has 0 aliphatic heterocycles. The molecule has 0 spiro atoms. The van der Waals surface area contributed by atoms with Crippen LogP contribution in [0.2, 0.25) is 0 Å². The first kappa shape index (κ1) is 25.3. The maximum atomic E-state index is 13.6. The first-order valence-electron chi connectivity index (χ1n) is 10.8. The quantitative estimate of drug-likeness (QED) is 0.291. The Morgan fingerprint density at radius 1 is 1.15 bits per heavy atom. The molecule has 0 aliphatic rings. The summed E-state index contributed by atoms with van der Waals surface area (Å²) in [4.78, 5) is 22.1. The van der Waals surface area contributed by atoms with Gasteiger partial charge in [-0.25, -0.2) is 9.07 Å². The van der Waals surface area contributed by atoms with E-state index in [1.807, 2.05) is 54.9 Å². The highest BCUT2D eigenvalue weighted by Crippen LogP contribution is 2.34. The SMILES string of the molecule is CC(C)c1nn(-c2ccccc2)c(-c2ccc(F)cc2)c1/C=C/CO[PH](=O)CC(=O)CC(=O)O. The Balaban J connectivity index is 1.92. The molecular formula is C25H26FN2O5P. The fraction of sp³-hybridized carbons (Fsp3) is 0.240. The molecule has 0 radical (unpaired) electrons. The molecule has 1 N–H and O–H groups in total. The van der Waals surface area contributed by atoms with Crippen LogP contribution in [0.25, 0.3) is 23.0 Å². The fourth-order valence-electron chi connectivity index (χ4n) is 3.43. The standard InChI is InChI=1S/C25H26FN2O5P/c1-17(2)24-22(9-6-14-33-34(32)16-21(29)15-23(30)31)25(18-10-12-19(26)13-11-18)28(27-24)20-7-4-3-5-8-20/h3-13,17,34H,14-16H2,1-2H3,(H,30,31)/b9-6+. The number of rotatable bonds is 11. The summed E-state index contributed by atoms with van der Waals surface area (Å²) < 4.78 is 32.7. The maximum Gasteiger partial charge on any atom is 0.310 e. The summed E-state index contributed by atoms with van der Waals surface area (Å²) in [5, 5.41) is 13.5. The minimum atomic E-state index is -2.69. The summed E-state index contributed by atoms with van der Waals surface area (Å²) >= 11 is 0. The summed E-state index contributed by atoms with van der Waals surface area (Å²) in [6, 6.07) is 15.8. The molecule has 0 aliphatic carbocycles. The van der Waals surface area contributed by atoms with E-state index in [1.54, 1.807) is 18.2 Å². The molecule has 1 atom stereocenters. The van der Waals surface area contributed by atoms with Gasteiger partial charge in [0.25, 0.3) is 0 Å². The van der Waals surface area contributed by atoms with Crippen molar-refractivity contribution in [3.05, 3.63) is 77.7 Å². The number of nitrogens with zero attached hydrogens (tertiary/aromatic N) is 2. The largest absolute Gasteiger partial charge is 0.481 e. The molecule has 7 nitrogen and oxygen atoms in total. The van der Waals surface area contributed by atoms with Crippen LogP contribution in [0.1, 0.15) is 37.4 Å². The van der Waals surface area contributed by atoms with Crippen LogP contribution in [-0.4, -0.2) is 39.4 Å². The maximum absolute atomic E-state index is 13.6. The number of halogens is 1. The van der Waals surface area contributed by atoms with Gasteiger partial charge in [-0.1, -0.05) is 44.2 Å². The van der Waals surface area contributed by atoms with Crippen LogP contribution in [0.3, 0.4) is 0 Å². The molecule has 0 bridgehead atoms. The third-order valence-electron chi connectivity index (χ3n) is 4.93. The second kappa shape index (κ2) is 11.7. The normalized spacial score (nSPS) is 12.4. The van der Waals surface area contributed by atoms with Gasteiger partial charge < -0.3 is 9.63 Å². The molecule has 178 valence electrons. The number of Topliss-reactive ketones (excluding diaryl/α,β-unsaturated/α-hetero) is 1. The lowest BCUT2D eigenvalue weighted by Crippen LogP contribution is -2.09. The van der Waals surface area contributed by atoms with E-state index in [4.69, 9.17) is 14.7 Å². The zero-order chi connectivity index (χ0) is 24.7. The van der Waals surface area contributed by atoms with Crippen LogP contribution < -0.4 is 0 Å². The lowest BCUT2D eigenvalue weighted by Gasteiger charge is -2.09. The Kier molecular flexibility index (Phi) is 8.68. The van der Waals surface area contributed by atoms with E-state index in [0.717, 1.165) is 28.2 Å². The van der Waals surface area contributed by atoms with E-state index in [-0.39, 0.29) is 18.3 Å². The van der Waals surface area contributed by atoms with Crippen LogP contribution in [0.15, 0.2) is 60.7 Å². The third kappa shape index (κ3) is 6.59. The number of benzene rings is 2. The lowest BCUT2D eigenvalue weighted by atomic mass is 9.99. The van der Waals surface area contributed by atoms with Crippen molar-refractivity contribution in [1.82, 2.24) is 9.78 Å². The number of aliphatic carboxylic acids is 1. The summed E-state index contributed by atoms with van der Waals surface area (Å²) in [5.74, 6) is -2.15. The predicted octanol–water partition coefficient (Wildman–Crippen LogP) is 5.35. The van der Waals surface area contributed by atoms with E-state index in [0.29, 0.717) is 0 Å². The molecule has 3 rings (SSSR count). The molecule has 0 saturated carbocycles. The van der Waals surface area contributed by atoms with Crippen LogP contribution in [0.5, 0.6) is 0 Å². The number of carboxylic acids is 1. The van der Waals surface area contributed by atoms with Crippen LogP contribution in [0, 0.1) is 5.82 Å². The van der Waals surface area contributed by atoms with Gasteiger partial charge in [0, 0.05) is 11.1 Å². The molecule has 2 aromatic carbocycles. The average Bonchev–Trinajstić information content (AvgIpc) is 3.17. The van der Waals surface area contributed by atoms with Gasteiger partial charge in [-0.15, -0.1) is 0 Å². The van der Waals surface area contributed by atoms with Gasteiger partial charge in [-0.3, -0.25) is 14.2 Å². The minimum Gasteiger partial charge on any atom is -0.481 e. The van der Waals surface area contributed by atoms with Crippen molar-refractivity contribution in [1.29, 1.82) is 0 Å². The number of aromatic nitrogens is 2. The Morgan fingerprint density at radius 3 is 2.44 bits per heavy atom. The summed E-state index contributed by atoms with van der Waals surface area (Å²) in [7, 11) is -2.69. The van der Waals surface area contributed by atoms with Gasteiger partial charge >= 0.3 is 5.97 Å². The number of para-hydroxylation sites is 1. The molecule has 0 fully saturated rings. The van der Waals surface area contributed by atoms with E-state index in [2.05, 4.69) is 0 Å². The van der Waals surface area contributed by atoms with Crippen molar-refractivity contribution in [2.45, 2.75) is 26.2 Å². The van der Waals surface area contributed by atoms with Crippen LogP contribution in [-0.2, 0) is 18.7 Å². The Morgan fingerprint density at radius 2 is 1.82 bits per heavy atom. The number of carbonyl (C=O) groups excluding carboxylic acids is 1. The van der Waals surface area contributed by atoms with Crippen molar-refractivity contribution in [3.8, 4) is 16.9 Å². The second-order valence-electron chi connectivity index (χ2n) is 7.93. The topological polar surface area (TPSA) is 98.5 Å². The molecule has 34 heavy (non-hydrogen) atoms. The van der Waals surface area contributed by atoms with Gasteiger partial charge in [-0.05, 0) is 42.3 Å². The van der Waals surface area contributed by atoms with Crippen molar-refractivity contribution in [3.63, 3.8) is 0 Å². The van der Waals surface area contributed by atoms with Gasteiger partial charge in [-0.2, -0.15) is 5.10 Å². The number of carbonyl (C=O) groups is 2. The second-order valence-corrected chi connectivity index (χ2v) is 9.31. The highest BCUT2D eigenvalue weighted by Gasteiger charge is 2.21. The fourth-order valence-corrected chi connectivity index (χ4v) is 4.26. The Hall–Kier alpha value is -3.35. The first-order valence-corrected chi connectivity index (χ1v) is 12.3. The Bertz CT molecular complexity index is 1200. The van der Waals surface area contributed by atoms with Gasteiger partial charge in [0.1, 0.15) is 12.2 Å². The summed E-state index contributed by atoms with van der Waals surface area (Å²) in [6.45, 7) is 4.02. The van der Waals surface area contributed by atoms with E-state index >= 15 is 0 Å². The van der Waals surface area contributed by atoms with E-state index in [1.165, 1.54) is 12.1 Å². The highest BCUT2D eigenvalue weighted by atomic mass is 31.1. The molecule has 9 heteroatoms. The van der Waals surface area contributed by atoms with Crippen LogP contribution >= 0.6 is 8.03 Å². The number of hydrogen-bond donors (Lipinski definition) is 1. The van der Waals surface area contributed by atoms with Gasteiger partial charge in [0.2, 0.25) is 0 Å². The highest BCUT2D eigenvalue weighted by molar-refractivity contribution is 7.40. The zero-order valence-electron chi connectivity index (χ0n) is 18.9. The van der Waals surface area contributed by atoms with Gasteiger partial charge in [0.05, 0.1) is 29.8 Å². The average molecular weight is 484 g/mol. The zero-order valence-corrected chi connectivity index (χ0v) is 19.9. The molecule has 1 aromatic heterocycles. The predicted molar refractivity (Wildman–Crippen MR) is 129 cm³/mol.